The number of quaternary nitrogens is 1. The highest BCUT2D eigenvalue weighted by atomic mass is 15.4. The number of rotatable bonds is 2. The standard InChI is InChI=1S/C9H22N.C8H16/c1-7-10(6,8-2)9(3,4)5;1-2-4-6-8-7-5-3-1/h7-8H2,1-6H3;1-8H2/q+1;. The first kappa shape index (κ1) is 18.0. The van der Waals surface area contributed by atoms with Crippen LogP contribution in [-0.2, 0) is 0 Å². The molecule has 0 N–H and O–H groups in total. The van der Waals surface area contributed by atoms with Gasteiger partial charge in [-0.15, -0.1) is 0 Å². The zero-order chi connectivity index (χ0) is 14.1. The van der Waals surface area contributed by atoms with Crippen molar-refractivity contribution in [3.63, 3.8) is 0 Å². The van der Waals surface area contributed by atoms with Gasteiger partial charge in [0.25, 0.3) is 0 Å². The molecule has 1 saturated carbocycles. The van der Waals surface area contributed by atoms with Crippen molar-refractivity contribution >= 4 is 0 Å². The van der Waals surface area contributed by atoms with Crippen LogP contribution in [0.1, 0.15) is 86.0 Å². The van der Waals surface area contributed by atoms with Crippen LogP contribution >= 0.6 is 0 Å². The SMILES string of the molecule is C1CCCCCCC1.CC[N+](C)(CC)C(C)(C)C. The molecule has 1 nitrogen and oxygen atoms in total. The molecule has 18 heavy (non-hydrogen) atoms. The first-order valence-corrected chi connectivity index (χ1v) is 8.22. The Morgan fingerprint density at radius 2 is 0.889 bits per heavy atom. The Hall–Kier alpha value is -0.0400. The predicted octanol–water partition coefficient (Wildman–Crippen LogP) is 5.39. The van der Waals surface area contributed by atoms with Crippen molar-refractivity contribution in [3.05, 3.63) is 0 Å². The Morgan fingerprint density at radius 3 is 0.944 bits per heavy atom. The van der Waals surface area contributed by atoms with Crippen molar-refractivity contribution in [1.82, 2.24) is 0 Å². The Bertz CT molecular complexity index is 162. The van der Waals surface area contributed by atoms with E-state index in [4.69, 9.17) is 0 Å². The van der Waals surface area contributed by atoms with E-state index in [0.29, 0.717) is 5.54 Å². The first-order valence-electron chi connectivity index (χ1n) is 8.22. The Kier molecular flexibility index (Phi) is 8.94. The zero-order valence-electron chi connectivity index (χ0n) is 14.0. The molecule has 0 aromatic carbocycles. The van der Waals surface area contributed by atoms with Crippen LogP contribution in [0.3, 0.4) is 0 Å². The fourth-order valence-corrected chi connectivity index (χ4v) is 2.59. The van der Waals surface area contributed by atoms with Gasteiger partial charge >= 0.3 is 0 Å². The fourth-order valence-electron chi connectivity index (χ4n) is 2.59. The van der Waals surface area contributed by atoms with Gasteiger partial charge in [-0.3, -0.25) is 0 Å². The van der Waals surface area contributed by atoms with Crippen LogP contribution in [0.25, 0.3) is 0 Å². The van der Waals surface area contributed by atoms with Gasteiger partial charge in [0.2, 0.25) is 0 Å². The summed E-state index contributed by atoms with van der Waals surface area (Å²) in [5.41, 5.74) is 0.392. The molecule has 1 heteroatoms. The summed E-state index contributed by atoms with van der Waals surface area (Å²) in [6.07, 6.45) is 12.0. The maximum absolute atomic E-state index is 2.32. The van der Waals surface area contributed by atoms with E-state index in [0.717, 1.165) is 4.48 Å². The van der Waals surface area contributed by atoms with Crippen LogP contribution in [0, 0.1) is 0 Å². The summed E-state index contributed by atoms with van der Waals surface area (Å²) < 4.78 is 1.16. The van der Waals surface area contributed by atoms with Crippen LogP contribution in [0.4, 0.5) is 0 Å². The van der Waals surface area contributed by atoms with Gasteiger partial charge in [-0.25, -0.2) is 0 Å². The second kappa shape index (κ2) is 8.96. The van der Waals surface area contributed by atoms with Gasteiger partial charge in [-0.1, -0.05) is 51.4 Å². The van der Waals surface area contributed by atoms with Crippen LogP contribution in [0.5, 0.6) is 0 Å². The Balaban J connectivity index is 0.000000327. The smallest absolute Gasteiger partial charge is 0.0905 e. The average Bonchev–Trinajstić information content (AvgIpc) is 2.26. The highest BCUT2D eigenvalue weighted by Gasteiger charge is 2.32. The average molecular weight is 256 g/mol. The summed E-state index contributed by atoms with van der Waals surface area (Å²) in [4.78, 5) is 0. The number of nitrogens with zero attached hydrogens (tertiary/aromatic N) is 1. The fraction of sp³-hybridized carbons (Fsp3) is 1.00. The van der Waals surface area contributed by atoms with E-state index in [2.05, 4.69) is 41.7 Å². The topological polar surface area (TPSA) is 0 Å². The van der Waals surface area contributed by atoms with Crippen molar-refractivity contribution in [2.75, 3.05) is 20.1 Å². The van der Waals surface area contributed by atoms with Gasteiger partial charge in [0.15, 0.2) is 0 Å². The van der Waals surface area contributed by atoms with Crippen molar-refractivity contribution in [3.8, 4) is 0 Å². The van der Waals surface area contributed by atoms with E-state index >= 15 is 0 Å². The molecule has 0 aromatic rings. The maximum Gasteiger partial charge on any atom is 0.0905 e. The molecule has 0 aliphatic heterocycles. The van der Waals surface area contributed by atoms with Crippen molar-refractivity contribution in [2.45, 2.75) is 91.5 Å². The lowest BCUT2D eigenvalue weighted by Crippen LogP contribution is -2.56. The zero-order valence-corrected chi connectivity index (χ0v) is 14.0. The normalized spacial score (nSPS) is 18.3. The molecule has 1 rings (SSSR count). The quantitative estimate of drug-likeness (QED) is 0.581. The molecule has 0 atom stereocenters. The molecular weight excluding hydrogens is 218 g/mol. The molecule has 0 radical (unpaired) electrons. The summed E-state index contributed by atoms with van der Waals surface area (Å²) in [5.74, 6) is 0. The van der Waals surface area contributed by atoms with Gasteiger partial charge in [-0.2, -0.15) is 0 Å². The third-order valence-corrected chi connectivity index (χ3v) is 5.02. The highest BCUT2D eigenvalue weighted by Crippen LogP contribution is 2.20. The summed E-state index contributed by atoms with van der Waals surface area (Å²) in [6, 6.07) is 0. The van der Waals surface area contributed by atoms with E-state index in [1.54, 1.807) is 0 Å². The molecule has 0 bridgehead atoms. The minimum Gasteiger partial charge on any atom is -0.322 e. The molecule has 1 aliphatic rings. The number of hydrogen-bond acceptors (Lipinski definition) is 0. The molecular formula is C17H38N+. The molecule has 0 aromatic heterocycles. The summed E-state index contributed by atoms with van der Waals surface area (Å²) >= 11 is 0. The lowest BCUT2D eigenvalue weighted by molar-refractivity contribution is -0.950. The lowest BCUT2D eigenvalue weighted by atomic mass is 10.0. The lowest BCUT2D eigenvalue weighted by Gasteiger charge is -2.44. The van der Waals surface area contributed by atoms with Gasteiger partial charge in [0.05, 0.1) is 25.7 Å². The van der Waals surface area contributed by atoms with Gasteiger partial charge in [0, 0.05) is 0 Å². The third kappa shape index (κ3) is 6.78. The molecule has 0 saturated heterocycles. The molecule has 0 unspecified atom stereocenters. The predicted molar refractivity (Wildman–Crippen MR) is 84.0 cm³/mol. The number of hydrogen-bond donors (Lipinski definition) is 0. The summed E-state index contributed by atoms with van der Waals surface area (Å²) in [5, 5.41) is 0. The molecule has 0 spiro atoms. The largest absolute Gasteiger partial charge is 0.322 e. The molecule has 1 aliphatic carbocycles. The molecule has 0 amide bonds. The molecule has 110 valence electrons. The van der Waals surface area contributed by atoms with E-state index in [1.807, 2.05) is 0 Å². The summed E-state index contributed by atoms with van der Waals surface area (Å²) in [6.45, 7) is 13.9. The highest BCUT2D eigenvalue weighted by molar-refractivity contribution is 4.60. The van der Waals surface area contributed by atoms with Crippen molar-refractivity contribution in [2.24, 2.45) is 0 Å². The second-order valence-electron chi connectivity index (χ2n) is 7.03. The maximum atomic E-state index is 2.32. The van der Waals surface area contributed by atoms with E-state index in [1.165, 1.54) is 64.5 Å². The first-order chi connectivity index (χ1) is 8.37. The molecule has 1 fully saturated rings. The van der Waals surface area contributed by atoms with E-state index < -0.39 is 0 Å². The Labute approximate surface area is 117 Å². The minimum atomic E-state index is 0.392. The minimum absolute atomic E-state index is 0.392. The van der Waals surface area contributed by atoms with Crippen LogP contribution in [0.15, 0.2) is 0 Å². The van der Waals surface area contributed by atoms with Gasteiger partial charge in [-0.05, 0) is 34.6 Å². The van der Waals surface area contributed by atoms with E-state index in [-0.39, 0.29) is 0 Å². The van der Waals surface area contributed by atoms with Crippen molar-refractivity contribution in [1.29, 1.82) is 0 Å². The third-order valence-electron chi connectivity index (χ3n) is 5.02. The van der Waals surface area contributed by atoms with Crippen LogP contribution in [-0.4, -0.2) is 30.2 Å². The van der Waals surface area contributed by atoms with Gasteiger partial charge < -0.3 is 4.48 Å². The van der Waals surface area contributed by atoms with Crippen molar-refractivity contribution < 1.29 is 4.48 Å². The Morgan fingerprint density at radius 1 is 0.667 bits per heavy atom. The monoisotopic (exact) mass is 256 g/mol. The van der Waals surface area contributed by atoms with Gasteiger partial charge in [0.1, 0.15) is 0 Å². The van der Waals surface area contributed by atoms with Crippen LogP contribution in [0.2, 0.25) is 0 Å². The second-order valence-corrected chi connectivity index (χ2v) is 7.03. The van der Waals surface area contributed by atoms with Crippen LogP contribution < -0.4 is 0 Å². The summed E-state index contributed by atoms with van der Waals surface area (Å²) in [7, 11) is 2.32. The molecule has 0 heterocycles. The van der Waals surface area contributed by atoms with E-state index in [9.17, 15) is 0 Å².